The molecule has 2 aromatic carbocycles. The van der Waals surface area contributed by atoms with Crippen LogP contribution < -0.4 is 25.6 Å². The van der Waals surface area contributed by atoms with Crippen LogP contribution in [0.2, 0.25) is 0 Å². The molecule has 6 aliphatic rings. The van der Waals surface area contributed by atoms with Crippen molar-refractivity contribution in [1.29, 1.82) is 0 Å². The van der Waals surface area contributed by atoms with Crippen LogP contribution in [-0.2, 0) is 48.2 Å². The molecule has 4 aliphatic heterocycles. The van der Waals surface area contributed by atoms with Crippen molar-refractivity contribution in [1.82, 2.24) is 29.3 Å². The molecule has 67 heavy (non-hydrogen) atoms. The molecule has 1 amide bonds. The maximum absolute atomic E-state index is 13.5. The second-order valence-electron chi connectivity index (χ2n) is 18.3. The summed E-state index contributed by atoms with van der Waals surface area (Å²) in [5, 5.41) is 13.4. The number of ether oxygens (including phenoxy) is 4. The minimum atomic E-state index is -1.24. The van der Waals surface area contributed by atoms with Gasteiger partial charge in [0.05, 0.1) is 61.7 Å². The Labute approximate surface area is 387 Å². The van der Waals surface area contributed by atoms with Gasteiger partial charge in [-0.05, 0) is 73.9 Å². The molecule has 15 nitrogen and oxygen atoms in total. The van der Waals surface area contributed by atoms with Gasteiger partial charge >= 0.3 is 5.97 Å². The van der Waals surface area contributed by atoms with E-state index in [2.05, 4.69) is 39.6 Å². The number of hydrogen-bond acceptors (Lipinski definition) is 11. The third-order valence-corrected chi connectivity index (χ3v) is 14.0. The Kier molecular flexibility index (Phi) is 12.6. The second-order valence-corrected chi connectivity index (χ2v) is 18.3. The molecule has 8 heterocycles. The largest absolute Gasteiger partial charge is 0.488 e. The fourth-order valence-corrected chi connectivity index (χ4v) is 10.6. The summed E-state index contributed by atoms with van der Waals surface area (Å²) in [6.45, 7) is 7.95. The lowest BCUT2D eigenvalue weighted by Crippen LogP contribution is -2.50. The summed E-state index contributed by atoms with van der Waals surface area (Å²) in [5.41, 5.74) is 5.32. The molecule has 2 aliphatic carbocycles. The molecule has 0 radical (unpaired) electrons. The highest BCUT2D eigenvalue weighted by molar-refractivity contribution is 5.97. The van der Waals surface area contributed by atoms with Crippen LogP contribution in [0.4, 0.5) is 0 Å². The summed E-state index contributed by atoms with van der Waals surface area (Å²) in [7, 11) is 0. The SMILES string of the molecule is C1CC2COCC1N2.CCn1cc(C(=O)N2C3CCC2COC3)c(=O)c2cc(OC3Cc4ccccc4C3)cnc21.CCn1cc(C(=O)O)c(=O)c2cc(OC3Cc4ccccc4C3)cnc21. The number of morpholine rings is 2. The first-order chi connectivity index (χ1) is 32.6. The summed E-state index contributed by atoms with van der Waals surface area (Å²) in [6.07, 6.45) is 14.1. The first-order valence-corrected chi connectivity index (χ1v) is 23.6. The number of carbonyl (C=O) groups excluding carboxylic acids is 1. The van der Waals surface area contributed by atoms with E-state index in [-0.39, 0.29) is 52.1 Å². The van der Waals surface area contributed by atoms with Gasteiger partial charge in [-0.25, -0.2) is 14.8 Å². The van der Waals surface area contributed by atoms with E-state index in [1.807, 2.05) is 47.6 Å². The highest BCUT2D eigenvalue weighted by atomic mass is 16.5. The first kappa shape index (κ1) is 44.4. The number of aromatic carboxylic acids is 1. The monoisotopic (exact) mass is 908 g/mol. The molecule has 4 fully saturated rings. The molecule has 348 valence electrons. The van der Waals surface area contributed by atoms with Crippen molar-refractivity contribution in [3.05, 3.63) is 139 Å². The zero-order chi connectivity index (χ0) is 46.2. The number of fused-ring (bicyclic) bond motifs is 8. The van der Waals surface area contributed by atoms with Gasteiger partial charge in [-0.2, -0.15) is 0 Å². The van der Waals surface area contributed by atoms with Crippen molar-refractivity contribution in [2.45, 2.75) is 115 Å². The number of aryl methyl sites for hydroxylation is 2. The molecule has 0 saturated carbocycles. The van der Waals surface area contributed by atoms with Crippen LogP contribution in [-0.4, -0.2) is 104 Å². The molecule has 4 unspecified atom stereocenters. The lowest BCUT2D eigenvalue weighted by Gasteiger charge is -2.34. The third-order valence-electron chi connectivity index (χ3n) is 14.0. The molecule has 12 rings (SSSR count). The smallest absolute Gasteiger partial charge is 0.341 e. The van der Waals surface area contributed by atoms with E-state index in [1.54, 1.807) is 35.3 Å². The van der Waals surface area contributed by atoms with E-state index in [0.717, 1.165) is 51.7 Å². The van der Waals surface area contributed by atoms with Crippen molar-refractivity contribution in [2.24, 2.45) is 0 Å². The van der Waals surface area contributed by atoms with Gasteiger partial charge in [0.25, 0.3) is 5.91 Å². The van der Waals surface area contributed by atoms with Gasteiger partial charge in [-0.1, -0.05) is 48.5 Å². The summed E-state index contributed by atoms with van der Waals surface area (Å²) < 4.78 is 26.7. The van der Waals surface area contributed by atoms with Gasteiger partial charge in [0.15, 0.2) is 0 Å². The summed E-state index contributed by atoms with van der Waals surface area (Å²) >= 11 is 0. The number of benzene rings is 2. The van der Waals surface area contributed by atoms with Gasteiger partial charge in [-0.3, -0.25) is 14.4 Å². The van der Waals surface area contributed by atoms with Crippen LogP contribution in [0.25, 0.3) is 22.1 Å². The van der Waals surface area contributed by atoms with Crippen molar-refractivity contribution in [3.63, 3.8) is 0 Å². The number of aromatic nitrogens is 4. The Bertz CT molecular complexity index is 2890. The van der Waals surface area contributed by atoms with E-state index >= 15 is 0 Å². The average Bonchev–Trinajstić information content (AvgIpc) is 4.10. The van der Waals surface area contributed by atoms with E-state index in [0.29, 0.717) is 66.6 Å². The molecule has 4 aromatic heterocycles. The predicted octanol–water partition coefficient (Wildman–Crippen LogP) is 5.76. The van der Waals surface area contributed by atoms with Crippen molar-refractivity contribution in [2.75, 3.05) is 26.4 Å². The fourth-order valence-electron chi connectivity index (χ4n) is 10.6. The van der Waals surface area contributed by atoms with Gasteiger partial charge < -0.3 is 43.4 Å². The van der Waals surface area contributed by atoms with Crippen LogP contribution in [0, 0.1) is 0 Å². The number of rotatable bonds is 8. The molecule has 15 heteroatoms. The zero-order valence-electron chi connectivity index (χ0n) is 37.9. The number of pyridine rings is 4. The molecule has 6 aromatic rings. The van der Waals surface area contributed by atoms with Gasteiger partial charge in [-0.15, -0.1) is 0 Å². The lowest BCUT2D eigenvalue weighted by molar-refractivity contribution is -0.00725. The Morgan fingerprint density at radius 3 is 1.52 bits per heavy atom. The molecule has 4 saturated heterocycles. The van der Waals surface area contributed by atoms with Crippen molar-refractivity contribution in [3.8, 4) is 11.5 Å². The summed E-state index contributed by atoms with van der Waals surface area (Å²) in [6, 6.07) is 21.4. The van der Waals surface area contributed by atoms with Crippen LogP contribution >= 0.6 is 0 Å². The maximum Gasteiger partial charge on any atom is 0.341 e. The summed E-state index contributed by atoms with van der Waals surface area (Å²) in [5.74, 6) is -0.386. The number of hydrogen-bond donors (Lipinski definition) is 2. The second kappa shape index (κ2) is 19.1. The third kappa shape index (κ3) is 9.07. The normalized spacial score (nSPS) is 21.6. The van der Waals surface area contributed by atoms with Crippen LogP contribution in [0.5, 0.6) is 11.5 Å². The number of carboxylic acid groups (broad SMARTS) is 1. The molecule has 2 N–H and O–H groups in total. The lowest BCUT2D eigenvalue weighted by atomic mass is 10.1. The number of nitrogens with zero attached hydrogens (tertiary/aromatic N) is 5. The Morgan fingerprint density at radius 1 is 0.657 bits per heavy atom. The van der Waals surface area contributed by atoms with E-state index < -0.39 is 11.4 Å². The highest BCUT2D eigenvalue weighted by Crippen LogP contribution is 2.32. The fraction of sp³-hybridized carbons (Fsp3) is 0.423. The van der Waals surface area contributed by atoms with E-state index in [9.17, 15) is 24.3 Å². The molecular formula is C52H56N6O9. The van der Waals surface area contributed by atoms with E-state index in [4.69, 9.17) is 18.9 Å². The Hall–Kier alpha value is -6.42. The first-order valence-electron chi connectivity index (χ1n) is 23.6. The van der Waals surface area contributed by atoms with Gasteiger partial charge in [0, 0.05) is 63.3 Å². The zero-order valence-corrected chi connectivity index (χ0v) is 37.9. The number of carbonyl (C=O) groups is 2. The number of carboxylic acids is 1. The average molecular weight is 909 g/mol. The van der Waals surface area contributed by atoms with Crippen LogP contribution in [0.1, 0.15) is 82.5 Å². The van der Waals surface area contributed by atoms with Crippen LogP contribution in [0.3, 0.4) is 0 Å². The molecular weight excluding hydrogens is 853 g/mol. The molecule has 0 spiro atoms. The number of amides is 1. The van der Waals surface area contributed by atoms with Crippen molar-refractivity contribution >= 4 is 33.9 Å². The highest BCUT2D eigenvalue weighted by Gasteiger charge is 2.41. The molecule has 4 bridgehead atoms. The topological polar surface area (TPSA) is 176 Å². The number of nitrogens with one attached hydrogen (secondary N) is 1. The summed E-state index contributed by atoms with van der Waals surface area (Å²) in [4.78, 5) is 61.6. The minimum Gasteiger partial charge on any atom is -0.488 e. The Morgan fingerprint density at radius 2 is 1.09 bits per heavy atom. The molecule has 4 atom stereocenters. The Balaban J connectivity index is 0.000000137. The maximum atomic E-state index is 13.5. The minimum absolute atomic E-state index is 0.0114. The van der Waals surface area contributed by atoms with Crippen LogP contribution in [0.15, 0.2) is 95.0 Å². The van der Waals surface area contributed by atoms with Gasteiger partial charge in [0.1, 0.15) is 46.1 Å². The quantitative estimate of drug-likeness (QED) is 0.189. The van der Waals surface area contributed by atoms with Gasteiger partial charge in [0.2, 0.25) is 10.9 Å². The van der Waals surface area contributed by atoms with E-state index in [1.165, 1.54) is 41.3 Å². The van der Waals surface area contributed by atoms with Crippen molar-refractivity contribution < 1.29 is 33.6 Å². The predicted molar refractivity (Wildman–Crippen MR) is 251 cm³/mol. The standard InChI is InChI=1S/C26H27N3O4.C20H18N2O4.C6H11NO/c1-2-28-13-23(26(31)29-18-7-8-19(29)15-32-14-18)24(30)22-11-21(12-27-25(22)28)33-20-9-16-5-3-4-6-17(16)10-20;1-2-22-11-17(20(24)25)18(23)16-9-15(10-21-19(16)22)26-14-7-12-5-3-4-6-13(12)8-14;1-2-6-4-8-3-5(1)7-6/h3-6,11-13,18-20H,2,7-10,14-15H2,1H3;3-6,9-11,14H,2,7-8H2,1H3,(H,24,25);5-7H,1-4H2.